The first-order valence-corrected chi connectivity index (χ1v) is 10.5. The molecule has 1 aliphatic carbocycles. The van der Waals surface area contributed by atoms with Crippen molar-refractivity contribution in [2.75, 3.05) is 18.1 Å². The van der Waals surface area contributed by atoms with Crippen molar-refractivity contribution in [1.29, 1.82) is 0 Å². The quantitative estimate of drug-likeness (QED) is 0.788. The van der Waals surface area contributed by atoms with Gasteiger partial charge in [0.1, 0.15) is 0 Å². The van der Waals surface area contributed by atoms with Crippen LogP contribution >= 0.6 is 11.3 Å². The van der Waals surface area contributed by atoms with E-state index < -0.39 is 10.0 Å². The Kier molecular flexibility index (Phi) is 4.98. The van der Waals surface area contributed by atoms with Crippen molar-refractivity contribution in [3.63, 3.8) is 0 Å². The highest BCUT2D eigenvalue weighted by Crippen LogP contribution is 2.40. The van der Waals surface area contributed by atoms with Crippen LogP contribution in [-0.4, -0.2) is 32.1 Å². The normalized spacial score (nSPS) is 14.5. The summed E-state index contributed by atoms with van der Waals surface area (Å²) in [5.41, 5.74) is 2.59. The molecule has 1 heterocycles. The number of hydrogen-bond acceptors (Lipinski definition) is 5. The molecule has 0 aliphatic heterocycles. The minimum Gasteiger partial charge on any atom is -0.298 e. The van der Waals surface area contributed by atoms with Gasteiger partial charge in [0, 0.05) is 23.4 Å². The summed E-state index contributed by atoms with van der Waals surface area (Å²) in [6.45, 7) is 0.341. The Morgan fingerprint density at radius 3 is 2.62 bits per heavy atom. The lowest BCUT2D eigenvalue weighted by molar-refractivity contribution is 0.102. The van der Waals surface area contributed by atoms with Crippen LogP contribution in [0, 0.1) is 0 Å². The Hall–Kier alpha value is -1.77. The molecule has 1 amide bonds. The van der Waals surface area contributed by atoms with Crippen LogP contribution in [0.4, 0.5) is 5.13 Å². The first kappa shape index (κ1) is 17.1. The third-order valence-corrected chi connectivity index (χ3v) is 5.24. The molecule has 128 valence electrons. The number of thiazole rings is 1. The van der Waals surface area contributed by atoms with Crippen LogP contribution in [0.5, 0.6) is 0 Å². The van der Waals surface area contributed by atoms with Gasteiger partial charge in [0.2, 0.25) is 10.0 Å². The van der Waals surface area contributed by atoms with Crippen molar-refractivity contribution >= 4 is 32.4 Å². The van der Waals surface area contributed by atoms with Crippen molar-refractivity contribution in [3.8, 4) is 0 Å². The van der Waals surface area contributed by atoms with Crippen molar-refractivity contribution in [1.82, 2.24) is 9.71 Å². The largest absolute Gasteiger partial charge is 0.298 e. The molecule has 0 spiro atoms. The highest BCUT2D eigenvalue weighted by atomic mass is 32.2. The highest BCUT2D eigenvalue weighted by Gasteiger charge is 2.26. The average Bonchev–Trinajstić information content (AvgIpc) is 3.27. The number of carbonyl (C=O) groups is 1. The summed E-state index contributed by atoms with van der Waals surface area (Å²) in [6, 6.07) is 7.13. The summed E-state index contributed by atoms with van der Waals surface area (Å²) in [7, 11) is -3.17. The molecule has 6 nitrogen and oxygen atoms in total. The lowest BCUT2D eigenvalue weighted by atomic mass is 10.1. The molecule has 0 bridgehead atoms. The third-order valence-electron chi connectivity index (χ3n) is 3.73. The van der Waals surface area contributed by atoms with Crippen LogP contribution in [-0.2, 0) is 16.4 Å². The number of benzene rings is 1. The van der Waals surface area contributed by atoms with E-state index in [2.05, 4.69) is 15.0 Å². The van der Waals surface area contributed by atoms with Gasteiger partial charge in [-0.05, 0) is 37.0 Å². The van der Waals surface area contributed by atoms with E-state index in [9.17, 15) is 13.2 Å². The first-order chi connectivity index (χ1) is 11.4. The van der Waals surface area contributed by atoms with E-state index in [1.54, 1.807) is 12.1 Å². The third kappa shape index (κ3) is 4.86. The van der Waals surface area contributed by atoms with Crippen LogP contribution < -0.4 is 10.0 Å². The van der Waals surface area contributed by atoms with Gasteiger partial charge in [-0.1, -0.05) is 12.1 Å². The maximum atomic E-state index is 12.2. The van der Waals surface area contributed by atoms with Gasteiger partial charge >= 0.3 is 0 Å². The average molecular weight is 365 g/mol. The molecule has 1 aliphatic rings. The van der Waals surface area contributed by atoms with Gasteiger partial charge in [0.15, 0.2) is 5.13 Å². The molecule has 24 heavy (non-hydrogen) atoms. The molecule has 0 unspecified atom stereocenters. The monoisotopic (exact) mass is 365 g/mol. The van der Waals surface area contributed by atoms with Gasteiger partial charge in [-0.3, -0.25) is 10.1 Å². The molecule has 0 saturated heterocycles. The predicted molar refractivity (Wildman–Crippen MR) is 95.0 cm³/mol. The predicted octanol–water partition coefficient (Wildman–Crippen LogP) is 2.36. The molecule has 3 rings (SSSR count). The van der Waals surface area contributed by atoms with E-state index in [1.807, 2.05) is 17.5 Å². The van der Waals surface area contributed by atoms with E-state index in [0.717, 1.165) is 17.5 Å². The molecule has 2 aromatic rings. The number of rotatable bonds is 7. The summed E-state index contributed by atoms with van der Waals surface area (Å²) < 4.78 is 24.5. The number of aromatic nitrogens is 1. The number of amides is 1. The second-order valence-corrected chi connectivity index (χ2v) is 8.61. The number of anilines is 1. The lowest BCUT2D eigenvalue weighted by Gasteiger charge is -2.05. The summed E-state index contributed by atoms with van der Waals surface area (Å²) >= 11 is 1.45. The van der Waals surface area contributed by atoms with E-state index in [-0.39, 0.29) is 5.91 Å². The van der Waals surface area contributed by atoms with Gasteiger partial charge in [0.25, 0.3) is 5.91 Å². The van der Waals surface area contributed by atoms with E-state index >= 15 is 0 Å². The minimum absolute atomic E-state index is 0.187. The Morgan fingerprint density at radius 1 is 1.29 bits per heavy atom. The Labute approximate surface area is 145 Å². The number of nitrogens with zero attached hydrogens (tertiary/aromatic N) is 1. The fraction of sp³-hybridized carbons (Fsp3) is 0.375. The fourth-order valence-corrected chi connectivity index (χ4v) is 3.54. The maximum absolute atomic E-state index is 12.2. The molecule has 8 heteroatoms. The lowest BCUT2D eigenvalue weighted by Crippen LogP contribution is -2.24. The Balaban J connectivity index is 1.54. The maximum Gasteiger partial charge on any atom is 0.257 e. The molecule has 1 aromatic heterocycles. The standard InChI is InChI=1S/C16H19N3O3S2/c1-24(21,22)17-9-8-11-2-4-13(5-3-11)15(20)19-16-18-14(10-23-16)12-6-7-12/h2-5,10,12,17H,6-9H2,1H3,(H,18,19,20). The van der Waals surface area contributed by atoms with Gasteiger partial charge < -0.3 is 0 Å². The van der Waals surface area contributed by atoms with Gasteiger partial charge in [0.05, 0.1) is 11.9 Å². The summed E-state index contributed by atoms with van der Waals surface area (Å²) in [5, 5.41) is 5.45. The van der Waals surface area contributed by atoms with Crippen molar-refractivity contribution < 1.29 is 13.2 Å². The van der Waals surface area contributed by atoms with Crippen LogP contribution in [0.15, 0.2) is 29.6 Å². The zero-order chi connectivity index (χ0) is 17.2. The second kappa shape index (κ2) is 7.00. The van der Waals surface area contributed by atoms with E-state index in [1.165, 1.54) is 24.2 Å². The SMILES string of the molecule is CS(=O)(=O)NCCc1ccc(C(=O)Nc2nc(C3CC3)cs2)cc1. The molecule has 1 saturated carbocycles. The van der Waals surface area contributed by atoms with Crippen LogP contribution in [0.1, 0.15) is 40.4 Å². The topological polar surface area (TPSA) is 88.2 Å². The molecule has 1 fully saturated rings. The summed E-state index contributed by atoms with van der Waals surface area (Å²) in [4.78, 5) is 16.7. The molecular weight excluding hydrogens is 346 g/mol. The fourth-order valence-electron chi connectivity index (χ4n) is 2.28. The highest BCUT2D eigenvalue weighted by molar-refractivity contribution is 7.88. The van der Waals surface area contributed by atoms with Crippen molar-refractivity contribution in [2.24, 2.45) is 0 Å². The van der Waals surface area contributed by atoms with Crippen molar-refractivity contribution in [2.45, 2.75) is 25.2 Å². The van der Waals surface area contributed by atoms with Crippen LogP contribution in [0.25, 0.3) is 0 Å². The number of hydrogen-bond donors (Lipinski definition) is 2. The first-order valence-electron chi connectivity index (χ1n) is 7.71. The number of carbonyl (C=O) groups excluding carboxylic acids is 1. The van der Waals surface area contributed by atoms with Crippen molar-refractivity contribution in [3.05, 3.63) is 46.5 Å². The number of sulfonamides is 1. The van der Waals surface area contributed by atoms with Crippen LogP contribution in [0.3, 0.4) is 0 Å². The van der Waals surface area contributed by atoms with Gasteiger partial charge in [-0.15, -0.1) is 11.3 Å². The molecule has 0 atom stereocenters. The summed E-state index contributed by atoms with van der Waals surface area (Å²) in [6.07, 6.45) is 4.08. The Morgan fingerprint density at radius 2 is 2.00 bits per heavy atom. The van der Waals surface area contributed by atoms with Gasteiger partial charge in [-0.25, -0.2) is 18.1 Å². The zero-order valence-electron chi connectivity index (χ0n) is 13.3. The molecule has 0 radical (unpaired) electrons. The Bertz CT molecular complexity index is 825. The number of nitrogens with one attached hydrogen (secondary N) is 2. The summed E-state index contributed by atoms with van der Waals surface area (Å²) in [5.74, 6) is 0.388. The molecule has 1 aromatic carbocycles. The van der Waals surface area contributed by atoms with E-state index in [0.29, 0.717) is 29.6 Å². The van der Waals surface area contributed by atoms with E-state index in [4.69, 9.17) is 0 Å². The van der Waals surface area contributed by atoms with Crippen LogP contribution in [0.2, 0.25) is 0 Å². The smallest absolute Gasteiger partial charge is 0.257 e. The molecule has 2 N–H and O–H groups in total. The second-order valence-electron chi connectivity index (χ2n) is 5.92. The zero-order valence-corrected chi connectivity index (χ0v) is 14.9. The minimum atomic E-state index is -3.17. The van der Waals surface area contributed by atoms with Gasteiger partial charge in [-0.2, -0.15) is 0 Å². The molecular formula is C16H19N3O3S2.